The van der Waals surface area contributed by atoms with Crippen molar-refractivity contribution in [3.8, 4) is 5.75 Å². The number of hydrogen-bond donors (Lipinski definition) is 1. The van der Waals surface area contributed by atoms with Crippen LogP contribution in [0.1, 0.15) is 26.3 Å². The highest BCUT2D eigenvalue weighted by Gasteiger charge is 2.34. The number of thioether (sulfide) groups is 1. The third-order valence-electron chi connectivity index (χ3n) is 4.28. The Hall–Kier alpha value is -3.39. The molecule has 0 saturated carbocycles. The number of amides is 4. The number of nitrogens with one attached hydrogen (secondary N) is 1. The molecular weight excluding hydrogens is 380 g/mol. The minimum Gasteiger partial charge on any atom is -0.492 e. The maximum absolute atomic E-state index is 12.3. The molecule has 1 N–H and O–H groups in total. The molecule has 8 heteroatoms. The van der Waals surface area contributed by atoms with Crippen LogP contribution in [0.15, 0.2) is 53.4 Å². The molecule has 140 valence electrons. The molecule has 1 saturated heterocycles. The fourth-order valence-corrected chi connectivity index (χ4v) is 3.61. The standard InChI is InChI=1S/C20H14N2O5S/c23-17-16(28-20(26)21-17)11-12-5-7-13(8-6-12)27-10-9-22-18(24)14-3-1-2-4-15(14)19(22)25/h1-8,11H,9-10H2,(H,21,23,26)/b16-11-. The molecule has 0 spiro atoms. The van der Waals surface area contributed by atoms with Crippen LogP contribution in [0.4, 0.5) is 4.79 Å². The average molecular weight is 394 g/mol. The van der Waals surface area contributed by atoms with Crippen LogP contribution in [0.3, 0.4) is 0 Å². The van der Waals surface area contributed by atoms with E-state index in [9.17, 15) is 19.2 Å². The molecule has 2 heterocycles. The third-order valence-corrected chi connectivity index (χ3v) is 5.09. The lowest BCUT2D eigenvalue weighted by Crippen LogP contribution is -2.33. The van der Waals surface area contributed by atoms with E-state index in [0.717, 1.165) is 17.3 Å². The summed E-state index contributed by atoms with van der Waals surface area (Å²) in [6, 6.07) is 13.7. The Morgan fingerprint density at radius 3 is 2.14 bits per heavy atom. The van der Waals surface area contributed by atoms with E-state index in [1.54, 1.807) is 54.6 Å². The number of benzene rings is 2. The van der Waals surface area contributed by atoms with Crippen LogP contribution in [0.5, 0.6) is 5.75 Å². The minimum atomic E-state index is -0.406. The lowest BCUT2D eigenvalue weighted by Gasteiger charge is -2.14. The van der Waals surface area contributed by atoms with Crippen molar-refractivity contribution in [3.05, 3.63) is 70.1 Å². The minimum absolute atomic E-state index is 0.150. The molecule has 28 heavy (non-hydrogen) atoms. The molecule has 2 aromatic carbocycles. The number of nitrogens with zero attached hydrogens (tertiary/aromatic N) is 1. The summed E-state index contributed by atoms with van der Waals surface area (Å²) in [5, 5.41) is 1.81. The van der Waals surface area contributed by atoms with Crippen molar-refractivity contribution >= 4 is 40.8 Å². The Morgan fingerprint density at radius 1 is 0.929 bits per heavy atom. The number of carbonyl (C=O) groups excluding carboxylic acids is 4. The van der Waals surface area contributed by atoms with E-state index in [1.807, 2.05) is 0 Å². The maximum atomic E-state index is 12.3. The quantitative estimate of drug-likeness (QED) is 0.619. The summed E-state index contributed by atoms with van der Waals surface area (Å²) in [5.74, 6) is -0.462. The zero-order valence-electron chi connectivity index (χ0n) is 14.5. The highest BCUT2D eigenvalue weighted by atomic mass is 32.2. The molecule has 2 aliphatic heterocycles. The zero-order chi connectivity index (χ0) is 19.7. The Balaban J connectivity index is 1.35. The topological polar surface area (TPSA) is 92.8 Å². The van der Waals surface area contributed by atoms with E-state index >= 15 is 0 Å². The van der Waals surface area contributed by atoms with Crippen molar-refractivity contribution in [2.24, 2.45) is 0 Å². The number of ether oxygens (including phenoxy) is 1. The first kappa shape index (κ1) is 18.0. The highest BCUT2D eigenvalue weighted by molar-refractivity contribution is 8.18. The van der Waals surface area contributed by atoms with Crippen molar-refractivity contribution in [1.29, 1.82) is 0 Å². The van der Waals surface area contributed by atoms with Crippen LogP contribution >= 0.6 is 11.8 Å². The molecule has 4 amide bonds. The molecule has 2 aromatic rings. The summed E-state index contributed by atoms with van der Waals surface area (Å²) in [4.78, 5) is 48.8. The zero-order valence-corrected chi connectivity index (χ0v) is 15.3. The van der Waals surface area contributed by atoms with Crippen molar-refractivity contribution in [2.45, 2.75) is 0 Å². The SMILES string of the molecule is O=C1NC(=O)/C(=C/c2ccc(OCCN3C(=O)c4ccccc4C3=O)cc2)S1. The van der Waals surface area contributed by atoms with Gasteiger partial charge in [0.1, 0.15) is 12.4 Å². The first-order valence-corrected chi connectivity index (χ1v) is 9.27. The van der Waals surface area contributed by atoms with Crippen molar-refractivity contribution in [3.63, 3.8) is 0 Å². The molecule has 1 fully saturated rings. The predicted octanol–water partition coefficient (Wildman–Crippen LogP) is 2.69. The van der Waals surface area contributed by atoms with E-state index in [2.05, 4.69) is 5.32 Å². The van der Waals surface area contributed by atoms with Gasteiger partial charge in [0.25, 0.3) is 23.0 Å². The van der Waals surface area contributed by atoms with Crippen LogP contribution in [0, 0.1) is 0 Å². The van der Waals surface area contributed by atoms with Gasteiger partial charge in [-0.2, -0.15) is 0 Å². The van der Waals surface area contributed by atoms with Crippen LogP contribution in [-0.2, 0) is 4.79 Å². The molecule has 0 radical (unpaired) electrons. The summed E-state index contributed by atoms with van der Waals surface area (Å²) in [5.41, 5.74) is 1.58. The van der Waals surface area contributed by atoms with E-state index in [1.165, 1.54) is 4.90 Å². The Labute approximate surface area is 164 Å². The number of carbonyl (C=O) groups is 4. The number of imide groups is 2. The molecule has 4 rings (SSSR count). The van der Waals surface area contributed by atoms with Gasteiger partial charge in [0, 0.05) is 0 Å². The number of hydrogen-bond acceptors (Lipinski definition) is 6. The highest BCUT2D eigenvalue weighted by Crippen LogP contribution is 2.26. The third kappa shape index (κ3) is 3.41. The second-order valence-electron chi connectivity index (χ2n) is 6.08. The van der Waals surface area contributed by atoms with Crippen molar-refractivity contribution in [2.75, 3.05) is 13.2 Å². The van der Waals surface area contributed by atoms with Crippen LogP contribution in [0.2, 0.25) is 0 Å². The normalized spacial score (nSPS) is 17.3. The molecule has 2 aliphatic rings. The number of rotatable bonds is 5. The van der Waals surface area contributed by atoms with Crippen molar-refractivity contribution in [1.82, 2.24) is 10.2 Å². The van der Waals surface area contributed by atoms with Gasteiger partial charge in [0.2, 0.25) is 0 Å². The van der Waals surface area contributed by atoms with E-state index < -0.39 is 5.91 Å². The van der Waals surface area contributed by atoms with Gasteiger partial charge in [0.05, 0.1) is 22.6 Å². The van der Waals surface area contributed by atoms with Gasteiger partial charge in [-0.1, -0.05) is 24.3 Å². The summed E-state index contributed by atoms with van der Waals surface area (Å²) >= 11 is 0.857. The summed E-state index contributed by atoms with van der Waals surface area (Å²) in [6.07, 6.45) is 1.62. The Bertz CT molecular complexity index is 994. The van der Waals surface area contributed by atoms with E-state index in [4.69, 9.17) is 4.74 Å². The lowest BCUT2D eigenvalue weighted by molar-refractivity contribution is -0.115. The van der Waals surface area contributed by atoms with E-state index in [0.29, 0.717) is 21.8 Å². The van der Waals surface area contributed by atoms with Crippen molar-refractivity contribution < 1.29 is 23.9 Å². The fraction of sp³-hybridized carbons (Fsp3) is 0.100. The first-order chi connectivity index (χ1) is 13.5. The van der Waals surface area contributed by atoms with Gasteiger partial charge < -0.3 is 4.74 Å². The lowest BCUT2D eigenvalue weighted by atomic mass is 10.1. The van der Waals surface area contributed by atoms with Crippen LogP contribution in [-0.4, -0.2) is 41.0 Å². The summed E-state index contributed by atoms with van der Waals surface area (Å²) in [6.45, 7) is 0.315. The second-order valence-corrected chi connectivity index (χ2v) is 7.09. The Kier molecular flexibility index (Phi) is 4.70. The largest absolute Gasteiger partial charge is 0.492 e. The van der Waals surface area contributed by atoms with E-state index in [-0.39, 0.29) is 30.2 Å². The average Bonchev–Trinajstić information content (AvgIpc) is 3.14. The van der Waals surface area contributed by atoms with Gasteiger partial charge in [-0.15, -0.1) is 0 Å². The van der Waals surface area contributed by atoms with Gasteiger partial charge in [-0.25, -0.2) is 0 Å². The fourth-order valence-electron chi connectivity index (χ4n) is 2.93. The molecule has 0 atom stereocenters. The molecule has 0 aliphatic carbocycles. The predicted molar refractivity (Wildman–Crippen MR) is 103 cm³/mol. The summed E-state index contributed by atoms with van der Waals surface area (Å²) in [7, 11) is 0. The van der Waals surface area contributed by atoms with Gasteiger partial charge >= 0.3 is 0 Å². The Morgan fingerprint density at radius 2 is 1.57 bits per heavy atom. The first-order valence-electron chi connectivity index (χ1n) is 8.46. The summed E-state index contributed by atoms with van der Waals surface area (Å²) < 4.78 is 5.62. The molecular formula is C20H14N2O5S. The monoisotopic (exact) mass is 394 g/mol. The van der Waals surface area contributed by atoms with Crippen LogP contribution < -0.4 is 10.1 Å². The van der Waals surface area contributed by atoms with Gasteiger partial charge in [-0.3, -0.25) is 29.4 Å². The van der Waals surface area contributed by atoms with Crippen LogP contribution in [0.25, 0.3) is 6.08 Å². The van der Waals surface area contributed by atoms with Gasteiger partial charge in [0.15, 0.2) is 0 Å². The smallest absolute Gasteiger partial charge is 0.290 e. The molecule has 7 nitrogen and oxygen atoms in total. The second kappa shape index (κ2) is 7.32. The molecule has 0 unspecified atom stereocenters. The maximum Gasteiger partial charge on any atom is 0.290 e. The molecule has 0 aromatic heterocycles. The molecule has 0 bridgehead atoms. The van der Waals surface area contributed by atoms with Gasteiger partial charge in [-0.05, 0) is 47.7 Å². The number of fused-ring (bicyclic) bond motifs is 1.